The van der Waals surface area contributed by atoms with Crippen LogP contribution in [0.25, 0.3) is 0 Å². The van der Waals surface area contributed by atoms with Crippen molar-refractivity contribution in [1.29, 1.82) is 0 Å². The van der Waals surface area contributed by atoms with Gasteiger partial charge in [-0.2, -0.15) is 0 Å². The van der Waals surface area contributed by atoms with Gasteiger partial charge in [0.25, 0.3) is 5.09 Å². The number of rotatable bonds is 9. The van der Waals surface area contributed by atoms with Crippen LogP contribution in [-0.2, 0) is 9.57 Å². The first-order valence-corrected chi connectivity index (χ1v) is 7.65. The van der Waals surface area contributed by atoms with Gasteiger partial charge in [-0.25, -0.2) is 0 Å². The van der Waals surface area contributed by atoms with Crippen LogP contribution >= 0.6 is 0 Å². The second kappa shape index (κ2) is 9.13. The van der Waals surface area contributed by atoms with Crippen molar-refractivity contribution in [2.75, 3.05) is 19.8 Å². The molecule has 6 nitrogen and oxygen atoms in total. The summed E-state index contributed by atoms with van der Waals surface area (Å²) < 4.78 is 5.50. The van der Waals surface area contributed by atoms with Gasteiger partial charge in [0.15, 0.2) is 6.23 Å². The monoisotopic (exact) mass is 288 g/mol. The van der Waals surface area contributed by atoms with Gasteiger partial charge in [-0.15, -0.1) is 10.1 Å². The Bertz CT molecular complexity index is 286. The molecule has 6 heteroatoms. The summed E-state index contributed by atoms with van der Waals surface area (Å²) >= 11 is 0. The molecule has 0 aliphatic carbocycles. The molecule has 0 spiro atoms. The Kier molecular flexibility index (Phi) is 7.84. The maximum absolute atomic E-state index is 10.4. The van der Waals surface area contributed by atoms with Crippen LogP contribution < -0.4 is 0 Å². The molecule has 0 radical (unpaired) electrons. The maximum Gasteiger partial charge on any atom is 0.296 e. The van der Waals surface area contributed by atoms with E-state index in [0.29, 0.717) is 19.8 Å². The molecule has 0 aromatic rings. The Morgan fingerprint density at radius 2 is 2.10 bits per heavy atom. The van der Waals surface area contributed by atoms with E-state index >= 15 is 0 Å². The molecule has 2 unspecified atom stereocenters. The number of hydrogen-bond acceptors (Lipinski definition) is 5. The van der Waals surface area contributed by atoms with Crippen molar-refractivity contribution < 1.29 is 14.7 Å². The molecule has 1 fully saturated rings. The summed E-state index contributed by atoms with van der Waals surface area (Å²) in [6.07, 6.45) is 5.41. The minimum Gasteiger partial charge on any atom is -0.378 e. The zero-order chi connectivity index (χ0) is 15.0. The standard InChI is InChI=1S/C14H28N2O4/c1-12(2)7-5-4-6-8-14-11-19-10-9-15(14)13(3)20-16(17)18/h12-14H,4-11H2,1-3H3. The number of nitrogens with zero attached hydrogens (tertiary/aromatic N) is 2. The Labute approximate surface area is 121 Å². The van der Waals surface area contributed by atoms with Crippen LogP contribution in [0.4, 0.5) is 0 Å². The van der Waals surface area contributed by atoms with Gasteiger partial charge in [0, 0.05) is 12.6 Å². The quantitative estimate of drug-likeness (QED) is 0.371. The van der Waals surface area contributed by atoms with Gasteiger partial charge in [0.05, 0.1) is 13.2 Å². The van der Waals surface area contributed by atoms with E-state index in [4.69, 9.17) is 4.74 Å². The molecule has 1 saturated heterocycles. The minimum atomic E-state index is -0.709. The molecule has 0 amide bonds. The van der Waals surface area contributed by atoms with Gasteiger partial charge in [-0.05, 0) is 19.3 Å². The summed E-state index contributed by atoms with van der Waals surface area (Å²) in [5, 5.41) is 9.74. The molecular formula is C14H28N2O4. The van der Waals surface area contributed by atoms with Crippen LogP contribution in [0.5, 0.6) is 0 Å². The van der Waals surface area contributed by atoms with Crippen LogP contribution in [0, 0.1) is 16.0 Å². The van der Waals surface area contributed by atoms with Crippen molar-refractivity contribution in [3.8, 4) is 0 Å². The van der Waals surface area contributed by atoms with E-state index in [1.54, 1.807) is 6.92 Å². The van der Waals surface area contributed by atoms with Crippen molar-refractivity contribution in [1.82, 2.24) is 4.90 Å². The largest absolute Gasteiger partial charge is 0.378 e. The molecule has 0 bridgehead atoms. The Hall–Kier alpha value is -0.880. The van der Waals surface area contributed by atoms with Crippen LogP contribution in [0.2, 0.25) is 0 Å². The molecule has 20 heavy (non-hydrogen) atoms. The average Bonchev–Trinajstić information content (AvgIpc) is 2.37. The summed E-state index contributed by atoms with van der Waals surface area (Å²) in [6.45, 7) is 8.19. The number of unbranched alkanes of at least 4 members (excludes halogenated alkanes) is 2. The Balaban J connectivity index is 2.30. The molecule has 1 aliphatic rings. The third-order valence-electron chi connectivity index (χ3n) is 3.80. The fraction of sp³-hybridized carbons (Fsp3) is 1.00. The highest BCUT2D eigenvalue weighted by Gasteiger charge is 2.28. The predicted molar refractivity (Wildman–Crippen MR) is 76.8 cm³/mol. The van der Waals surface area contributed by atoms with Crippen molar-refractivity contribution in [3.63, 3.8) is 0 Å². The van der Waals surface area contributed by atoms with Gasteiger partial charge in [0.2, 0.25) is 0 Å². The van der Waals surface area contributed by atoms with Crippen molar-refractivity contribution in [2.45, 2.75) is 65.1 Å². The van der Waals surface area contributed by atoms with Gasteiger partial charge in [-0.3, -0.25) is 9.74 Å². The minimum absolute atomic E-state index is 0.234. The van der Waals surface area contributed by atoms with E-state index in [-0.39, 0.29) is 6.04 Å². The van der Waals surface area contributed by atoms with Crippen LogP contribution in [0.1, 0.15) is 52.9 Å². The summed E-state index contributed by atoms with van der Waals surface area (Å²) in [5.41, 5.74) is 0. The van der Waals surface area contributed by atoms with Gasteiger partial charge < -0.3 is 4.74 Å². The lowest BCUT2D eigenvalue weighted by atomic mass is 10.0. The number of ether oxygens (including phenoxy) is 1. The molecule has 1 rings (SSSR count). The lowest BCUT2D eigenvalue weighted by Gasteiger charge is -2.38. The van der Waals surface area contributed by atoms with E-state index in [9.17, 15) is 10.1 Å². The SMILES string of the molecule is CC(C)CCCCCC1COCCN1C(C)O[N+](=O)[O-]. The molecule has 0 aromatic heterocycles. The number of hydrogen-bond donors (Lipinski definition) is 0. The highest BCUT2D eigenvalue weighted by atomic mass is 17.0. The molecule has 2 atom stereocenters. The molecule has 0 N–H and O–H groups in total. The van der Waals surface area contributed by atoms with Crippen molar-refractivity contribution >= 4 is 0 Å². The fourth-order valence-corrected chi connectivity index (χ4v) is 2.69. The van der Waals surface area contributed by atoms with E-state index < -0.39 is 11.3 Å². The molecular weight excluding hydrogens is 260 g/mol. The average molecular weight is 288 g/mol. The Morgan fingerprint density at radius 1 is 1.35 bits per heavy atom. The molecule has 1 heterocycles. The number of morpholine rings is 1. The smallest absolute Gasteiger partial charge is 0.296 e. The van der Waals surface area contributed by atoms with Crippen LogP contribution in [0.3, 0.4) is 0 Å². The highest BCUT2D eigenvalue weighted by molar-refractivity contribution is 4.76. The van der Waals surface area contributed by atoms with E-state index in [1.165, 1.54) is 19.3 Å². The normalized spacial score (nSPS) is 21.9. The fourth-order valence-electron chi connectivity index (χ4n) is 2.69. The first kappa shape index (κ1) is 17.2. The van der Waals surface area contributed by atoms with Crippen molar-refractivity contribution in [2.24, 2.45) is 5.92 Å². The first-order chi connectivity index (χ1) is 9.50. The summed E-state index contributed by atoms with van der Waals surface area (Å²) in [5.74, 6) is 0.762. The predicted octanol–water partition coefficient (Wildman–Crippen LogP) is 2.85. The first-order valence-electron chi connectivity index (χ1n) is 7.65. The third-order valence-corrected chi connectivity index (χ3v) is 3.80. The lowest BCUT2D eigenvalue weighted by Crippen LogP contribution is -2.51. The van der Waals surface area contributed by atoms with E-state index in [2.05, 4.69) is 23.6 Å². The van der Waals surface area contributed by atoms with E-state index in [0.717, 1.165) is 18.8 Å². The second-order valence-corrected chi connectivity index (χ2v) is 5.93. The second-order valence-electron chi connectivity index (χ2n) is 5.93. The maximum atomic E-state index is 10.4. The van der Waals surface area contributed by atoms with Gasteiger partial charge in [0.1, 0.15) is 0 Å². The zero-order valence-corrected chi connectivity index (χ0v) is 12.9. The summed E-state index contributed by atoms with van der Waals surface area (Å²) in [7, 11) is 0. The van der Waals surface area contributed by atoms with Gasteiger partial charge >= 0.3 is 0 Å². The van der Waals surface area contributed by atoms with Crippen LogP contribution in [-0.4, -0.2) is 42.0 Å². The van der Waals surface area contributed by atoms with E-state index in [1.807, 2.05) is 0 Å². The molecule has 0 saturated carbocycles. The lowest BCUT2D eigenvalue weighted by molar-refractivity contribution is -0.774. The molecule has 0 aromatic carbocycles. The summed E-state index contributed by atoms with van der Waals surface area (Å²) in [4.78, 5) is 17.2. The zero-order valence-electron chi connectivity index (χ0n) is 12.9. The topological polar surface area (TPSA) is 64.8 Å². The highest BCUT2D eigenvalue weighted by Crippen LogP contribution is 2.18. The summed E-state index contributed by atoms with van der Waals surface area (Å²) in [6, 6.07) is 0.234. The third kappa shape index (κ3) is 6.52. The molecule has 118 valence electrons. The van der Waals surface area contributed by atoms with Crippen LogP contribution in [0.15, 0.2) is 0 Å². The molecule has 1 aliphatic heterocycles. The Morgan fingerprint density at radius 3 is 2.75 bits per heavy atom. The van der Waals surface area contributed by atoms with Gasteiger partial charge in [-0.1, -0.05) is 39.5 Å². The van der Waals surface area contributed by atoms with Crippen molar-refractivity contribution in [3.05, 3.63) is 10.1 Å².